The molecule has 1 aromatic heterocycles. The van der Waals surface area contributed by atoms with Crippen molar-refractivity contribution in [2.45, 2.75) is 43.7 Å². The van der Waals surface area contributed by atoms with Crippen LogP contribution in [0.4, 0.5) is 0 Å². The molecule has 3 aliphatic rings. The number of benzene rings is 1. The first kappa shape index (κ1) is 23.5. The average molecular weight is 447 g/mol. The number of rotatable bonds is 6. The maximum absolute atomic E-state index is 11.2. The number of nitrogens with one attached hydrogen (secondary N) is 1. The van der Waals surface area contributed by atoms with Gasteiger partial charge >= 0.3 is 0 Å². The van der Waals surface area contributed by atoms with Gasteiger partial charge in [-0.15, -0.1) is 18.2 Å². The highest BCUT2D eigenvalue weighted by Crippen LogP contribution is 2.34. The number of ether oxygens (including phenoxy) is 1. The minimum Gasteiger partial charge on any atom is -0.549 e. The third-order valence-electron chi connectivity index (χ3n) is 6.62. The Balaban J connectivity index is 0.000000339. The molecule has 2 N–H and O–H groups in total. The lowest BCUT2D eigenvalue weighted by Crippen LogP contribution is -3.20. The SMILES string of the molecule is C=C[C@H]1C[NH+]2CC[C@H]1C[C@H]2[C@H](O)c1ccnc2ccc(OC)cc12.CC[C@H](Cl)C(=O)[O-]. The Bertz CT molecular complexity index is 922. The van der Waals surface area contributed by atoms with Gasteiger partial charge in [0.1, 0.15) is 17.9 Å². The Morgan fingerprint density at radius 3 is 2.81 bits per heavy atom. The van der Waals surface area contributed by atoms with Gasteiger partial charge in [0.2, 0.25) is 0 Å². The number of pyridine rings is 1. The van der Waals surface area contributed by atoms with E-state index in [1.54, 1.807) is 20.2 Å². The standard InChI is InChI=1S/C20H24N2O2.C4H7ClO2/c1-3-13-12-22-9-7-14(13)10-19(22)20(23)16-6-8-21-18-5-4-15(24-2)11-17(16)18;1-2-3(5)4(6)7/h3-6,8,11,13-14,19-20,23H,1,7,9-10,12H2,2H3;3H,2H2,1H3,(H,6,7)/t13-,14-,19-,20+;3-/m00/s1. The average Bonchev–Trinajstić information content (AvgIpc) is 2.82. The van der Waals surface area contributed by atoms with Crippen LogP contribution >= 0.6 is 11.6 Å². The number of carbonyl (C=O) groups excluding carboxylic acids is 1. The monoisotopic (exact) mass is 446 g/mol. The molecular weight excluding hydrogens is 416 g/mol. The molecule has 1 unspecified atom stereocenters. The summed E-state index contributed by atoms with van der Waals surface area (Å²) in [6.07, 6.45) is 6.18. The molecule has 4 heterocycles. The van der Waals surface area contributed by atoms with Gasteiger partial charge < -0.3 is 24.6 Å². The first-order chi connectivity index (χ1) is 14.9. The molecule has 6 atom stereocenters. The molecule has 168 valence electrons. The molecule has 0 radical (unpaired) electrons. The molecular formula is C24H31ClN2O4. The summed E-state index contributed by atoms with van der Waals surface area (Å²) in [5, 5.41) is 21.0. The summed E-state index contributed by atoms with van der Waals surface area (Å²) >= 11 is 5.14. The van der Waals surface area contributed by atoms with Gasteiger partial charge in [-0.1, -0.05) is 13.0 Å². The largest absolute Gasteiger partial charge is 0.549 e. The number of alkyl halides is 1. The molecule has 2 aromatic rings. The summed E-state index contributed by atoms with van der Waals surface area (Å²) in [6, 6.07) is 8.08. The van der Waals surface area contributed by atoms with Crippen molar-refractivity contribution >= 4 is 28.5 Å². The van der Waals surface area contributed by atoms with E-state index in [4.69, 9.17) is 16.3 Å². The Morgan fingerprint density at radius 2 is 2.26 bits per heavy atom. The van der Waals surface area contributed by atoms with E-state index in [1.165, 1.54) is 11.3 Å². The lowest BCUT2D eigenvalue weighted by atomic mass is 9.73. The number of fused-ring (bicyclic) bond motifs is 4. The van der Waals surface area contributed by atoms with Crippen LogP contribution in [0.1, 0.15) is 37.9 Å². The van der Waals surface area contributed by atoms with Crippen molar-refractivity contribution in [1.82, 2.24) is 4.98 Å². The van der Waals surface area contributed by atoms with Gasteiger partial charge in [-0.05, 0) is 42.2 Å². The van der Waals surface area contributed by atoms with E-state index in [0.717, 1.165) is 41.7 Å². The zero-order chi connectivity index (χ0) is 22.5. The molecule has 31 heavy (non-hydrogen) atoms. The first-order valence-corrected chi connectivity index (χ1v) is 11.3. The van der Waals surface area contributed by atoms with Gasteiger partial charge in [0, 0.05) is 30.3 Å². The molecule has 7 heteroatoms. The van der Waals surface area contributed by atoms with Crippen LogP contribution in [0.15, 0.2) is 43.1 Å². The summed E-state index contributed by atoms with van der Waals surface area (Å²) in [5.74, 6) is 0.881. The first-order valence-electron chi connectivity index (χ1n) is 10.8. The summed E-state index contributed by atoms with van der Waals surface area (Å²) in [6.45, 7) is 7.94. The van der Waals surface area contributed by atoms with E-state index in [0.29, 0.717) is 18.3 Å². The maximum atomic E-state index is 11.2. The number of aromatic nitrogens is 1. The molecule has 5 rings (SSSR count). The number of nitrogens with zero attached hydrogens (tertiary/aromatic N) is 1. The summed E-state index contributed by atoms with van der Waals surface area (Å²) in [7, 11) is 1.67. The molecule has 2 bridgehead atoms. The van der Waals surface area contributed by atoms with Crippen molar-refractivity contribution in [2.24, 2.45) is 11.8 Å². The van der Waals surface area contributed by atoms with Crippen LogP contribution in [0.5, 0.6) is 5.75 Å². The van der Waals surface area contributed by atoms with E-state index < -0.39 is 17.5 Å². The summed E-state index contributed by atoms with van der Waals surface area (Å²) in [5.41, 5.74) is 1.88. The van der Waals surface area contributed by atoms with E-state index in [9.17, 15) is 15.0 Å². The van der Waals surface area contributed by atoms with Gasteiger partial charge in [0.15, 0.2) is 0 Å². The second-order valence-electron chi connectivity index (χ2n) is 8.33. The molecule has 0 saturated carbocycles. The molecule has 0 spiro atoms. The van der Waals surface area contributed by atoms with Gasteiger partial charge in [-0.3, -0.25) is 4.98 Å². The van der Waals surface area contributed by atoms with Crippen LogP contribution in [0.25, 0.3) is 10.9 Å². The van der Waals surface area contributed by atoms with E-state index in [-0.39, 0.29) is 6.04 Å². The smallest absolute Gasteiger partial charge is 0.131 e. The van der Waals surface area contributed by atoms with Crippen LogP contribution in [-0.4, -0.2) is 47.7 Å². The fourth-order valence-corrected chi connectivity index (χ4v) is 4.82. The van der Waals surface area contributed by atoms with Gasteiger partial charge in [-0.25, -0.2) is 0 Å². The van der Waals surface area contributed by atoms with Gasteiger partial charge in [0.25, 0.3) is 0 Å². The number of hydrogen-bond donors (Lipinski definition) is 2. The molecule has 3 fully saturated rings. The number of carboxylic acids is 1. The van der Waals surface area contributed by atoms with E-state index in [1.807, 2.05) is 24.3 Å². The van der Waals surface area contributed by atoms with Crippen LogP contribution in [0.3, 0.4) is 0 Å². The van der Waals surface area contributed by atoms with Crippen LogP contribution < -0.4 is 14.7 Å². The number of aliphatic hydroxyl groups is 1. The van der Waals surface area contributed by atoms with Crippen molar-refractivity contribution in [3.05, 3.63) is 48.7 Å². The molecule has 0 aliphatic carbocycles. The van der Waals surface area contributed by atoms with E-state index in [2.05, 4.69) is 17.6 Å². The topological polar surface area (TPSA) is 86.9 Å². The highest BCUT2D eigenvalue weighted by molar-refractivity contribution is 6.29. The molecule has 1 aromatic carbocycles. The molecule has 0 amide bonds. The normalized spacial score (nSPS) is 26.5. The predicted octanol–water partition coefficient (Wildman–Crippen LogP) is 1.51. The summed E-state index contributed by atoms with van der Waals surface area (Å²) in [4.78, 5) is 15.6. The third kappa shape index (κ3) is 5.20. The number of aliphatic hydroxyl groups excluding tert-OH is 1. The lowest BCUT2D eigenvalue weighted by Gasteiger charge is -2.47. The fourth-order valence-electron chi connectivity index (χ4n) is 4.82. The molecule has 6 nitrogen and oxygen atoms in total. The highest BCUT2D eigenvalue weighted by Gasteiger charge is 2.45. The fraction of sp³-hybridized carbons (Fsp3) is 0.500. The Morgan fingerprint density at radius 1 is 1.48 bits per heavy atom. The van der Waals surface area contributed by atoms with E-state index >= 15 is 0 Å². The van der Waals surface area contributed by atoms with Gasteiger partial charge in [0.05, 0.1) is 37.1 Å². The van der Waals surface area contributed by atoms with Crippen molar-refractivity contribution in [3.8, 4) is 5.75 Å². The van der Waals surface area contributed by atoms with Crippen molar-refractivity contribution in [1.29, 1.82) is 0 Å². The number of halogens is 1. The molecule has 3 aliphatic heterocycles. The number of piperidine rings is 3. The highest BCUT2D eigenvalue weighted by atomic mass is 35.5. The Labute approximate surface area is 188 Å². The van der Waals surface area contributed by atoms with Crippen LogP contribution in [0.2, 0.25) is 0 Å². The maximum Gasteiger partial charge on any atom is 0.131 e. The lowest BCUT2D eigenvalue weighted by molar-refractivity contribution is -0.949. The Hall–Kier alpha value is -2.15. The summed E-state index contributed by atoms with van der Waals surface area (Å²) < 4.78 is 5.35. The number of carboxylic acid groups (broad SMARTS) is 1. The number of carbonyl (C=O) groups is 1. The van der Waals surface area contributed by atoms with Gasteiger partial charge in [-0.2, -0.15) is 0 Å². The van der Waals surface area contributed by atoms with Crippen molar-refractivity contribution in [3.63, 3.8) is 0 Å². The molecule has 3 saturated heterocycles. The second kappa shape index (κ2) is 10.4. The van der Waals surface area contributed by atoms with Crippen LogP contribution in [-0.2, 0) is 4.79 Å². The second-order valence-corrected chi connectivity index (χ2v) is 8.85. The zero-order valence-electron chi connectivity index (χ0n) is 18.1. The number of methoxy groups -OCH3 is 1. The number of hydrogen-bond acceptors (Lipinski definition) is 5. The zero-order valence-corrected chi connectivity index (χ0v) is 18.8. The minimum atomic E-state index is -1.19. The number of aliphatic carboxylic acids is 1. The third-order valence-corrected chi connectivity index (χ3v) is 7.11. The predicted molar refractivity (Wildman–Crippen MR) is 119 cm³/mol. The van der Waals surface area contributed by atoms with Crippen molar-refractivity contribution < 1.29 is 24.6 Å². The van der Waals surface area contributed by atoms with Crippen LogP contribution in [0, 0.1) is 11.8 Å². The van der Waals surface area contributed by atoms with Crippen molar-refractivity contribution in [2.75, 3.05) is 20.2 Å². The number of quaternary nitrogens is 1. The quantitative estimate of drug-likeness (QED) is 0.519. The Kier molecular flexibility index (Phi) is 7.92. The minimum absolute atomic E-state index is 0.261.